The first-order valence-corrected chi connectivity index (χ1v) is 7.11. The number of pyridine rings is 1. The fraction of sp³-hybridized carbons (Fsp3) is 0.600. The van der Waals surface area contributed by atoms with Gasteiger partial charge in [0.1, 0.15) is 11.3 Å². The van der Waals surface area contributed by atoms with Crippen LogP contribution in [0.2, 0.25) is 0 Å². The van der Waals surface area contributed by atoms with Gasteiger partial charge in [0.05, 0.1) is 6.04 Å². The van der Waals surface area contributed by atoms with E-state index >= 15 is 0 Å². The van der Waals surface area contributed by atoms with Gasteiger partial charge < -0.3 is 9.64 Å². The number of aromatic nitrogens is 1. The average molecular weight is 316 g/mol. The average Bonchev–Trinajstić information content (AvgIpc) is 2.85. The molecule has 1 aromatic heterocycles. The first-order valence-electron chi connectivity index (χ1n) is 7.11. The summed E-state index contributed by atoms with van der Waals surface area (Å²) in [5.74, 6) is 0. The summed E-state index contributed by atoms with van der Waals surface area (Å²) in [6.07, 6.45) is -2.25. The smallest absolute Gasteiger partial charge is 0.433 e. The zero-order valence-electron chi connectivity index (χ0n) is 12.8. The van der Waals surface area contributed by atoms with Crippen molar-refractivity contribution in [3.05, 3.63) is 29.6 Å². The van der Waals surface area contributed by atoms with Gasteiger partial charge >= 0.3 is 12.3 Å². The number of alkyl halides is 3. The fourth-order valence-electron chi connectivity index (χ4n) is 2.42. The van der Waals surface area contributed by atoms with Crippen LogP contribution < -0.4 is 0 Å². The summed E-state index contributed by atoms with van der Waals surface area (Å²) in [5.41, 5.74) is -0.947. The zero-order valence-corrected chi connectivity index (χ0v) is 12.8. The zero-order chi connectivity index (χ0) is 16.5. The Balaban J connectivity index is 2.15. The van der Waals surface area contributed by atoms with E-state index in [0.717, 1.165) is 12.5 Å². The Kier molecular flexibility index (Phi) is 4.35. The van der Waals surface area contributed by atoms with E-state index in [-0.39, 0.29) is 6.04 Å². The lowest BCUT2D eigenvalue weighted by Crippen LogP contribution is -2.36. The minimum atomic E-state index is -4.46. The summed E-state index contributed by atoms with van der Waals surface area (Å²) in [6, 6.07) is 2.04. The van der Waals surface area contributed by atoms with Crippen LogP contribution in [0.25, 0.3) is 0 Å². The van der Waals surface area contributed by atoms with Crippen LogP contribution in [0.5, 0.6) is 0 Å². The van der Waals surface area contributed by atoms with Crippen LogP contribution in [0.4, 0.5) is 18.0 Å². The largest absolute Gasteiger partial charge is 0.444 e. The van der Waals surface area contributed by atoms with Crippen molar-refractivity contribution in [3.63, 3.8) is 0 Å². The number of halogens is 3. The van der Waals surface area contributed by atoms with Crippen molar-refractivity contribution in [3.8, 4) is 0 Å². The van der Waals surface area contributed by atoms with Gasteiger partial charge in [0.25, 0.3) is 0 Å². The Morgan fingerprint density at radius 2 is 2.00 bits per heavy atom. The minimum absolute atomic E-state index is 0.287. The summed E-state index contributed by atoms with van der Waals surface area (Å²) in [6.45, 7) is 5.85. The first-order chi connectivity index (χ1) is 10.1. The second kappa shape index (κ2) is 5.78. The molecule has 0 radical (unpaired) electrons. The van der Waals surface area contributed by atoms with Gasteiger partial charge in [-0.1, -0.05) is 6.07 Å². The third kappa shape index (κ3) is 3.90. The number of rotatable bonds is 1. The van der Waals surface area contributed by atoms with Crippen LogP contribution in [0, 0.1) is 0 Å². The topological polar surface area (TPSA) is 42.4 Å². The number of carbonyl (C=O) groups excluding carboxylic acids is 1. The number of hydrogen-bond donors (Lipinski definition) is 0. The van der Waals surface area contributed by atoms with Crippen LogP contribution in [-0.4, -0.2) is 28.1 Å². The molecule has 122 valence electrons. The summed E-state index contributed by atoms with van der Waals surface area (Å²) >= 11 is 0. The molecular formula is C15H19F3N2O2. The Bertz CT molecular complexity index is 535. The van der Waals surface area contributed by atoms with Crippen LogP contribution in [0.1, 0.15) is 50.9 Å². The number of nitrogens with zero attached hydrogens (tertiary/aromatic N) is 2. The van der Waals surface area contributed by atoms with Crippen molar-refractivity contribution < 1.29 is 22.7 Å². The maximum Gasteiger partial charge on any atom is 0.433 e. The first kappa shape index (κ1) is 16.6. The van der Waals surface area contributed by atoms with Crippen LogP contribution in [-0.2, 0) is 10.9 Å². The van der Waals surface area contributed by atoms with Gasteiger partial charge in [-0.2, -0.15) is 13.2 Å². The molecule has 0 aromatic carbocycles. The second-order valence-electron chi connectivity index (χ2n) is 6.31. The molecule has 0 N–H and O–H groups in total. The number of hydrogen-bond acceptors (Lipinski definition) is 3. The Morgan fingerprint density at radius 3 is 2.50 bits per heavy atom. The predicted molar refractivity (Wildman–Crippen MR) is 74.2 cm³/mol. The monoisotopic (exact) mass is 316 g/mol. The van der Waals surface area contributed by atoms with Crippen molar-refractivity contribution in [1.29, 1.82) is 0 Å². The number of amides is 1. The molecule has 22 heavy (non-hydrogen) atoms. The van der Waals surface area contributed by atoms with Gasteiger partial charge in [-0.25, -0.2) is 4.79 Å². The van der Waals surface area contributed by atoms with Gasteiger partial charge in [-0.3, -0.25) is 4.98 Å². The van der Waals surface area contributed by atoms with E-state index in [1.807, 2.05) is 0 Å². The highest BCUT2D eigenvalue weighted by molar-refractivity contribution is 5.69. The molecule has 0 aliphatic carbocycles. The lowest BCUT2D eigenvalue weighted by atomic mass is 10.1. The molecule has 1 unspecified atom stereocenters. The molecule has 0 spiro atoms. The summed E-state index contributed by atoms with van der Waals surface area (Å²) < 4.78 is 43.0. The summed E-state index contributed by atoms with van der Waals surface area (Å²) in [4.78, 5) is 17.2. The van der Waals surface area contributed by atoms with Crippen molar-refractivity contribution in [2.75, 3.05) is 6.54 Å². The molecule has 7 heteroatoms. The van der Waals surface area contributed by atoms with E-state index in [2.05, 4.69) is 4.98 Å². The predicted octanol–water partition coefficient (Wildman–Crippen LogP) is 4.17. The van der Waals surface area contributed by atoms with Crippen molar-refractivity contribution in [1.82, 2.24) is 9.88 Å². The molecule has 1 saturated heterocycles. The lowest BCUT2D eigenvalue weighted by Gasteiger charge is -2.28. The highest BCUT2D eigenvalue weighted by Gasteiger charge is 2.35. The fourth-order valence-corrected chi connectivity index (χ4v) is 2.42. The quantitative estimate of drug-likeness (QED) is 0.781. The van der Waals surface area contributed by atoms with Gasteiger partial charge in [-0.05, 0) is 45.2 Å². The summed E-state index contributed by atoms with van der Waals surface area (Å²) in [5, 5.41) is 0. The van der Waals surface area contributed by atoms with E-state index in [9.17, 15) is 18.0 Å². The molecule has 1 fully saturated rings. The molecule has 1 aliphatic rings. The van der Waals surface area contributed by atoms with Crippen LogP contribution in [0.15, 0.2) is 18.3 Å². The van der Waals surface area contributed by atoms with Gasteiger partial charge in [0, 0.05) is 12.7 Å². The summed E-state index contributed by atoms with van der Waals surface area (Å²) in [7, 11) is 0. The molecule has 4 nitrogen and oxygen atoms in total. The van der Waals surface area contributed by atoms with Gasteiger partial charge in [-0.15, -0.1) is 0 Å². The van der Waals surface area contributed by atoms with Crippen LogP contribution >= 0.6 is 0 Å². The molecule has 2 heterocycles. The Morgan fingerprint density at radius 1 is 1.32 bits per heavy atom. The molecule has 0 saturated carbocycles. The molecule has 1 atom stereocenters. The number of carbonyl (C=O) groups is 1. The van der Waals surface area contributed by atoms with E-state index < -0.39 is 23.6 Å². The highest BCUT2D eigenvalue weighted by Crippen LogP contribution is 2.34. The van der Waals surface area contributed by atoms with E-state index in [1.165, 1.54) is 12.3 Å². The lowest BCUT2D eigenvalue weighted by molar-refractivity contribution is -0.141. The van der Waals surface area contributed by atoms with Gasteiger partial charge in [0.2, 0.25) is 0 Å². The molecule has 2 rings (SSSR count). The molecule has 0 bridgehead atoms. The molecular weight excluding hydrogens is 297 g/mol. The number of likely N-dealkylation sites (tertiary alicyclic amines) is 1. The van der Waals surface area contributed by atoms with Gasteiger partial charge in [0.15, 0.2) is 0 Å². The molecule has 1 aliphatic heterocycles. The minimum Gasteiger partial charge on any atom is -0.444 e. The third-order valence-electron chi connectivity index (χ3n) is 3.34. The van der Waals surface area contributed by atoms with Crippen LogP contribution in [0.3, 0.4) is 0 Å². The third-order valence-corrected chi connectivity index (χ3v) is 3.34. The maximum atomic E-state index is 12.5. The molecule has 1 aromatic rings. The van der Waals surface area contributed by atoms with E-state index in [0.29, 0.717) is 18.5 Å². The van der Waals surface area contributed by atoms with Crippen molar-refractivity contribution >= 4 is 6.09 Å². The van der Waals surface area contributed by atoms with Crippen molar-refractivity contribution in [2.24, 2.45) is 0 Å². The normalized spacial score (nSPS) is 19.4. The Labute approximate surface area is 127 Å². The van der Waals surface area contributed by atoms with E-state index in [4.69, 9.17) is 4.74 Å². The van der Waals surface area contributed by atoms with Crippen molar-refractivity contribution in [2.45, 2.75) is 51.4 Å². The maximum absolute atomic E-state index is 12.5. The van der Waals surface area contributed by atoms with E-state index in [1.54, 1.807) is 25.7 Å². The SMILES string of the molecule is CC(C)(C)OC(=O)N1CCCC1c1ccc(C(F)(F)F)nc1. The Hall–Kier alpha value is -1.79. The molecule has 1 amide bonds. The number of ether oxygens (including phenoxy) is 1. The standard InChI is InChI=1S/C15H19F3N2O2/c1-14(2,3)22-13(21)20-8-4-5-11(20)10-6-7-12(19-9-10)15(16,17)18/h6-7,9,11H,4-5,8H2,1-3H3. The second-order valence-corrected chi connectivity index (χ2v) is 6.31. The highest BCUT2D eigenvalue weighted by atomic mass is 19.4.